The van der Waals surface area contributed by atoms with Crippen molar-refractivity contribution in [1.29, 1.82) is 0 Å². The highest BCUT2D eigenvalue weighted by Gasteiger charge is 2.25. The zero-order valence-electron chi connectivity index (χ0n) is 12.3. The van der Waals surface area contributed by atoms with Gasteiger partial charge in [-0.05, 0) is 48.5 Å². The van der Waals surface area contributed by atoms with Gasteiger partial charge in [-0.3, -0.25) is 4.90 Å². The number of nitrogens with zero attached hydrogens (tertiary/aromatic N) is 1. The fraction of sp³-hybridized carbons (Fsp3) is 0.471. The lowest BCUT2D eigenvalue weighted by Gasteiger charge is -2.37. The molecule has 1 aliphatic heterocycles. The molecule has 0 radical (unpaired) electrons. The first-order valence-electron chi connectivity index (χ1n) is 7.18. The number of rotatable bonds is 4. The molecule has 0 bridgehead atoms. The van der Waals surface area contributed by atoms with Gasteiger partial charge in [-0.2, -0.15) is 0 Å². The lowest BCUT2D eigenvalue weighted by molar-refractivity contribution is -0.131. The van der Waals surface area contributed by atoms with E-state index in [0.29, 0.717) is 5.41 Å². The summed E-state index contributed by atoms with van der Waals surface area (Å²) >= 11 is 0. The molecule has 1 aromatic carbocycles. The second-order valence-corrected chi connectivity index (χ2v) is 6.31. The fourth-order valence-electron chi connectivity index (χ4n) is 2.56. The maximum atomic E-state index is 10.6. The zero-order chi connectivity index (χ0) is 14.6. The molecular formula is C17H23NO2. The van der Waals surface area contributed by atoms with E-state index in [9.17, 15) is 4.79 Å². The highest BCUT2D eigenvalue weighted by molar-refractivity contribution is 5.85. The maximum absolute atomic E-state index is 10.6. The summed E-state index contributed by atoms with van der Waals surface area (Å²) in [7, 11) is 0. The highest BCUT2D eigenvalue weighted by Crippen LogP contribution is 2.30. The van der Waals surface area contributed by atoms with Crippen molar-refractivity contribution in [3.63, 3.8) is 0 Å². The topological polar surface area (TPSA) is 40.5 Å². The predicted octanol–water partition coefficient (Wildman–Crippen LogP) is 3.41. The van der Waals surface area contributed by atoms with Crippen LogP contribution in [-0.2, 0) is 11.3 Å². The van der Waals surface area contributed by atoms with Crippen molar-refractivity contribution in [2.75, 3.05) is 13.1 Å². The van der Waals surface area contributed by atoms with Gasteiger partial charge >= 0.3 is 5.97 Å². The quantitative estimate of drug-likeness (QED) is 0.855. The summed E-state index contributed by atoms with van der Waals surface area (Å²) in [6.45, 7) is 7.78. The lowest BCUT2D eigenvalue weighted by Crippen LogP contribution is -2.36. The van der Waals surface area contributed by atoms with Crippen LogP contribution in [0.4, 0.5) is 0 Å². The monoisotopic (exact) mass is 273 g/mol. The fourth-order valence-corrected chi connectivity index (χ4v) is 2.56. The molecule has 0 unspecified atom stereocenters. The van der Waals surface area contributed by atoms with Gasteiger partial charge in [0.05, 0.1) is 0 Å². The largest absolute Gasteiger partial charge is 0.478 e. The SMILES string of the molecule is CC1(C)CCN(Cc2ccccc2C=CC(=O)O)CC1. The van der Waals surface area contributed by atoms with Crippen LogP contribution in [0.15, 0.2) is 30.3 Å². The summed E-state index contributed by atoms with van der Waals surface area (Å²) in [4.78, 5) is 13.1. The number of hydrogen-bond acceptors (Lipinski definition) is 2. The molecule has 0 spiro atoms. The first kappa shape index (κ1) is 14.8. The van der Waals surface area contributed by atoms with Gasteiger partial charge in [0.25, 0.3) is 0 Å². The van der Waals surface area contributed by atoms with Gasteiger partial charge in [-0.1, -0.05) is 38.1 Å². The normalized spacial score (nSPS) is 19.3. The second kappa shape index (κ2) is 6.23. The van der Waals surface area contributed by atoms with E-state index in [1.807, 2.05) is 18.2 Å². The first-order valence-corrected chi connectivity index (χ1v) is 7.18. The molecule has 1 fully saturated rings. The Morgan fingerprint density at radius 2 is 1.95 bits per heavy atom. The van der Waals surface area contributed by atoms with Crippen LogP contribution in [0.1, 0.15) is 37.8 Å². The Bertz CT molecular complexity index is 495. The number of piperidine rings is 1. The van der Waals surface area contributed by atoms with E-state index in [-0.39, 0.29) is 0 Å². The van der Waals surface area contributed by atoms with Crippen LogP contribution < -0.4 is 0 Å². The maximum Gasteiger partial charge on any atom is 0.328 e. The van der Waals surface area contributed by atoms with E-state index in [1.54, 1.807) is 6.08 Å². The van der Waals surface area contributed by atoms with Gasteiger partial charge in [0.2, 0.25) is 0 Å². The van der Waals surface area contributed by atoms with E-state index < -0.39 is 5.97 Å². The van der Waals surface area contributed by atoms with Crippen molar-refractivity contribution in [3.05, 3.63) is 41.5 Å². The first-order chi connectivity index (χ1) is 9.46. The van der Waals surface area contributed by atoms with Crippen LogP contribution in [0.2, 0.25) is 0 Å². The third-order valence-corrected chi connectivity index (χ3v) is 4.06. The predicted molar refractivity (Wildman–Crippen MR) is 81.4 cm³/mol. The molecule has 1 N–H and O–H groups in total. The third kappa shape index (κ3) is 4.20. The van der Waals surface area contributed by atoms with Gasteiger partial charge in [-0.25, -0.2) is 4.79 Å². The van der Waals surface area contributed by atoms with E-state index in [2.05, 4.69) is 24.8 Å². The molecule has 20 heavy (non-hydrogen) atoms. The zero-order valence-corrected chi connectivity index (χ0v) is 12.3. The van der Waals surface area contributed by atoms with Gasteiger partial charge < -0.3 is 5.11 Å². The average molecular weight is 273 g/mol. The molecule has 1 aliphatic rings. The molecule has 2 rings (SSSR count). The van der Waals surface area contributed by atoms with Gasteiger partial charge in [0, 0.05) is 12.6 Å². The average Bonchev–Trinajstić information content (AvgIpc) is 2.40. The molecule has 0 amide bonds. The smallest absolute Gasteiger partial charge is 0.328 e. The number of carbonyl (C=O) groups is 1. The number of carboxylic acid groups (broad SMARTS) is 1. The Kier molecular flexibility index (Phi) is 4.61. The van der Waals surface area contributed by atoms with Crippen molar-refractivity contribution in [3.8, 4) is 0 Å². The Balaban J connectivity index is 2.04. The van der Waals surface area contributed by atoms with Gasteiger partial charge in [0.1, 0.15) is 0 Å². The van der Waals surface area contributed by atoms with Crippen LogP contribution in [-0.4, -0.2) is 29.1 Å². The summed E-state index contributed by atoms with van der Waals surface area (Å²) < 4.78 is 0. The van der Waals surface area contributed by atoms with E-state index in [1.165, 1.54) is 24.5 Å². The molecular weight excluding hydrogens is 250 g/mol. The van der Waals surface area contributed by atoms with E-state index in [0.717, 1.165) is 25.2 Å². The Morgan fingerprint density at radius 3 is 2.60 bits per heavy atom. The van der Waals surface area contributed by atoms with Crippen molar-refractivity contribution >= 4 is 12.0 Å². The summed E-state index contributed by atoms with van der Waals surface area (Å²) in [5.41, 5.74) is 2.66. The number of aliphatic carboxylic acids is 1. The van der Waals surface area contributed by atoms with Gasteiger partial charge in [0.15, 0.2) is 0 Å². The number of hydrogen-bond donors (Lipinski definition) is 1. The van der Waals surface area contributed by atoms with Crippen LogP contribution in [0.25, 0.3) is 6.08 Å². The van der Waals surface area contributed by atoms with Gasteiger partial charge in [-0.15, -0.1) is 0 Å². The molecule has 0 aliphatic carbocycles. The van der Waals surface area contributed by atoms with Crippen LogP contribution in [0.3, 0.4) is 0 Å². The highest BCUT2D eigenvalue weighted by atomic mass is 16.4. The van der Waals surface area contributed by atoms with Crippen molar-refractivity contribution < 1.29 is 9.90 Å². The third-order valence-electron chi connectivity index (χ3n) is 4.06. The molecule has 0 atom stereocenters. The molecule has 0 saturated carbocycles. The Morgan fingerprint density at radius 1 is 1.30 bits per heavy atom. The van der Waals surface area contributed by atoms with Crippen LogP contribution >= 0.6 is 0 Å². The summed E-state index contributed by atoms with van der Waals surface area (Å²) in [6, 6.07) is 8.02. The van der Waals surface area contributed by atoms with E-state index >= 15 is 0 Å². The molecule has 3 heteroatoms. The van der Waals surface area contributed by atoms with E-state index in [4.69, 9.17) is 5.11 Å². The number of benzene rings is 1. The van der Waals surface area contributed by atoms with Crippen molar-refractivity contribution in [1.82, 2.24) is 4.90 Å². The lowest BCUT2D eigenvalue weighted by atomic mass is 9.82. The molecule has 108 valence electrons. The number of likely N-dealkylation sites (tertiary alicyclic amines) is 1. The minimum absolute atomic E-state index is 0.458. The molecule has 1 saturated heterocycles. The second-order valence-electron chi connectivity index (χ2n) is 6.31. The number of carboxylic acids is 1. The van der Waals surface area contributed by atoms with Crippen LogP contribution in [0, 0.1) is 5.41 Å². The summed E-state index contributed by atoms with van der Waals surface area (Å²) in [5.74, 6) is -0.903. The molecule has 1 heterocycles. The van der Waals surface area contributed by atoms with Crippen molar-refractivity contribution in [2.24, 2.45) is 5.41 Å². The summed E-state index contributed by atoms with van der Waals surface area (Å²) in [5, 5.41) is 8.75. The molecule has 3 nitrogen and oxygen atoms in total. The minimum atomic E-state index is -0.903. The molecule has 1 aromatic rings. The minimum Gasteiger partial charge on any atom is -0.478 e. The van der Waals surface area contributed by atoms with Crippen LogP contribution in [0.5, 0.6) is 0 Å². The Labute approximate surface area is 120 Å². The standard InChI is InChI=1S/C17H23NO2/c1-17(2)9-11-18(12-10-17)13-15-6-4-3-5-14(15)7-8-16(19)20/h3-8H,9-13H2,1-2H3,(H,19,20). The summed E-state index contributed by atoms with van der Waals surface area (Å²) in [6.07, 6.45) is 5.34. The van der Waals surface area contributed by atoms with Crippen molar-refractivity contribution in [2.45, 2.75) is 33.2 Å². The molecule has 0 aromatic heterocycles. The Hall–Kier alpha value is -1.61.